The summed E-state index contributed by atoms with van der Waals surface area (Å²) in [6.45, 7) is 11.3. The third-order valence-corrected chi connectivity index (χ3v) is 3.57. The number of nitrogens with zero attached hydrogens (tertiary/aromatic N) is 2. The van der Waals surface area contributed by atoms with Gasteiger partial charge in [0.05, 0.1) is 5.71 Å². The number of allylic oxidation sites excluding steroid dienone is 2. The van der Waals surface area contributed by atoms with Crippen LogP contribution >= 0.6 is 0 Å². The molecule has 0 atom stereocenters. The molecule has 0 aliphatic rings. The smallest absolute Gasteiger partial charge is 0.222 e. The van der Waals surface area contributed by atoms with Crippen molar-refractivity contribution < 1.29 is 19.3 Å². The van der Waals surface area contributed by atoms with E-state index in [1.807, 2.05) is 26.8 Å². The number of benzene rings is 1. The second kappa shape index (κ2) is 11.6. The second-order valence-electron chi connectivity index (χ2n) is 6.01. The lowest BCUT2D eigenvalue weighted by atomic mass is 9.97. The Bertz CT molecular complexity index is 797. The highest BCUT2D eigenvalue weighted by molar-refractivity contribution is 6.11. The van der Waals surface area contributed by atoms with E-state index in [2.05, 4.69) is 22.2 Å². The van der Waals surface area contributed by atoms with Crippen LogP contribution in [-0.4, -0.2) is 31.2 Å². The molecule has 152 valence electrons. The van der Waals surface area contributed by atoms with Gasteiger partial charge in [-0.15, -0.1) is 0 Å². The zero-order chi connectivity index (χ0) is 21.1. The fourth-order valence-electron chi connectivity index (χ4n) is 2.43. The third kappa shape index (κ3) is 6.55. The minimum Gasteiger partial charge on any atom is -0.411 e. The maximum atomic E-state index is 11.6. The summed E-state index contributed by atoms with van der Waals surface area (Å²) in [7, 11) is 1.39. The van der Waals surface area contributed by atoms with Crippen LogP contribution in [0.5, 0.6) is 0 Å². The molecule has 0 heterocycles. The molecule has 0 aliphatic heterocycles. The van der Waals surface area contributed by atoms with E-state index in [0.29, 0.717) is 41.2 Å². The first-order chi connectivity index (χ1) is 13.3. The molecule has 0 fully saturated rings. The maximum Gasteiger partial charge on any atom is 0.222 e. The second-order valence-corrected chi connectivity index (χ2v) is 6.01. The highest BCUT2D eigenvalue weighted by Gasteiger charge is 2.20. The SMILES string of the molecule is C=C(C)CC(=N\OCC)/C(C)=C(\ON)c1ccccc1/C(=N/OC)NC(C)=O. The van der Waals surface area contributed by atoms with Crippen LogP contribution in [0, 0.1) is 0 Å². The van der Waals surface area contributed by atoms with E-state index in [1.165, 1.54) is 14.0 Å². The summed E-state index contributed by atoms with van der Waals surface area (Å²) in [5.41, 5.74) is 3.39. The molecule has 0 saturated carbocycles. The number of amides is 1. The van der Waals surface area contributed by atoms with Crippen LogP contribution in [0.2, 0.25) is 0 Å². The summed E-state index contributed by atoms with van der Waals surface area (Å²) in [6, 6.07) is 7.19. The fraction of sp³-hybridized carbons (Fsp3) is 0.350. The summed E-state index contributed by atoms with van der Waals surface area (Å²) in [5.74, 6) is 5.92. The van der Waals surface area contributed by atoms with Crippen LogP contribution in [0.25, 0.3) is 5.76 Å². The topological polar surface area (TPSA) is 108 Å². The van der Waals surface area contributed by atoms with Gasteiger partial charge in [0.15, 0.2) is 11.6 Å². The molecule has 28 heavy (non-hydrogen) atoms. The molecule has 1 rings (SSSR count). The first kappa shape index (κ1) is 22.9. The van der Waals surface area contributed by atoms with Crippen LogP contribution in [0.4, 0.5) is 0 Å². The van der Waals surface area contributed by atoms with E-state index in [4.69, 9.17) is 20.4 Å². The van der Waals surface area contributed by atoms with E-state index in [1.54, 1.807) is 18.2 Å². The minimum absolute atomic E-state index is 0.233. The van der Waals surface area contributed by atoms with Gasteiger partial charge in [-0.05, 0) is 20.8 Å². The zero-order valence-corrected chi connectivity index (χ0v) is 17.0. The summed E-state index contributed by atoms with van der Waals surface area (Å²) in [6.07, 6.45) is 0.492. The van der Waals surface area contributed by atoms with Crippen LogP contribution in [0.15, 0.2) is 52.3 Å². The molecular formula is C20H28N4O4. The average Bonchev–Trinajstić information content (AvgIpc) is 2.65. The molecule has 0 spiro atoms. The number of amidine groups is 1. The standard InChI is InChI=1S/C20H28N4O4/c1-7-27-23-18(12-13(2)3)14(4)19(28-21)16-10-8-9-11-17(16)20(24-26-6)22-15(5)25/h8-11H,2,7,12,21H2,1,3-6H3,(H,22,24,25)/b19-14-,23-18+. The Kier molecular flexibility index (Phi) is 9.45. The van der Waals surface area contributed by atoms with Crippen LogP contribution < -0.4 is 11.2 Å². The Morgan fingerprint density at radius 2 is 1.82 bits per heavy atom. The summed E-state index contributed by atoms with van der Waals surface area (Å²) in [4.78, 5) is 26.9. The van der Waals surface area contributed by atoms with E-state index in [9.17, 15) is 4.79 Å². The lowest BCUT2D eigenvalue weighted by Gasteiger charge is -2.16. The van der Waals surface area contributed by atoms with Gasteiger partial charge >= 0.3 is 0 Å². The first-order valence-corrected chi connectivity index (χ1v) is 8.75. The van der Waals surface area contributed by atoms with Crippen molar-refractivity contribution >= 4 is 23.2 Å². The van der Waals surface area contributed by atoms with Crippen LogP contribution in [0.1, 0.15) is 45.2 Å². The highest BCUT2D eigenvalue weighted by Crippen LogP contribution is 2.25. The van der Waals surface area contributed by atoms with Crippen molar-refractivity contribution in [2.75, 3.05) is 13.7 Å². The predicted octanol–water partition coefficient (Wildman–Crippen LogP) is 3.11. The predicted molar refractivity (Wildman–Crippen MR) is 110 cm³/mol. The Morgan fingerprint density at radius 1 is 1.18 bits per heavy atom. The van der Waals surface area contributed by atoms with Crippen molar-refractivity contribution in [2.24, 2.45) is 16.2 Å². The minimum atomic E-state index is -0.289. The van der Waals surface area contributed by atoms with Gasteiger partial charge in [0, 0.05) is 30.0 Å². The molecule has 1 aromatic rings. The first-order valence-electron chi connectivity index (χ1n) is 8.75. The quantitative estimate of drug-likeness (QED) is 0.222. The van der Waals surface area contributed by atoms with Crippen molar-refractivity contribution in [3.63, 3.8) is 0 Å². The van der Waals surface area contributed by atoms with E-state index in [0.717, 1.165) is 5.57 Å². The number of hydrogen-bond acceptors (Lipinski definition) is 7. The molecular weight excluding hydrogens is 360 g/mol. The molecule has 8 nitrogen and oxygen atoms in total. The Morgan fingerprint density at radius 3 is 2.32 bits per heavy atom. The van der Waals surface area contributed by atoms with Gasteiger partial charge in [-0.3, -0.25) is 4.79 Å². The van der Waals surface area contributed by atoms with E-state index in [-0.39, 0.29) is 11.7 Å². The third-order valence-electron chi connectivity index (χ3n) is 3.57. The molecule has 1 aromatic carbocycles. The molecule has 0 aromatic heterocycles. The Hall–Kier alpha value is -3.13. The molecule has 0 unspecified atom stereocenters. The lowest BCUT2D eigenvalue weighted by Crippen LogP contribution is -2.30. The number of rotatable bonds is 9. The molecule has 0 saturated heterocycles. The van der Waals surface area contributed by atoms with Gasteiger partial charge in [-0.25, -0.2) is 0 Å². The number of nitrogens with one attached hydrogen (secondary N) is 1. The molecule has 8 heteroatoms. The summed E-state index contributed by atoms with van der Waals surface area (Å²) in [5, 5.41) is 10.7. The highest BCUT2D eigenvalue weighted by atomic mass is 16.6. The normalized spacial score (nSPS) is 12.8. The fourth-order valence-corrected chi connectivity index (χ4v) is 2.43. The molecule has 0 aliphatic carbocycles. The number of nitrogens with two attached hydrogens (primary N) is 1. The van der Waals surface area contributed by atoms with Crippen molar-refractivity contribution in [1.82, 2.24) is 5.32 Å². The van der Waals surface area contributed by atoms with Gasteiger partial charge in [-0.1, -0.05) is 46.7 Å². The summed E-state index contributed by atoms with van der Waals surface area (Å²) < 4.78 is 0. The molecule has 3 N–H and O–H groups in total. The largest absolute Gasteiger partial charge is 0.411 e. The van der Waals surface area contributed by atoms with Crippen molar-refractivity contribution in [2.45, 2.75) is 34.1 Å². The Labute approximate surface area is 165 Å². The van der Waals surface area contributed by atoms with Crippen LogP contribution in [0.3, 0.4) is 0 Å². The van der Waals surface area contributed by atoms with Gasteiger partial charge in [0.1, 0.15) is 13.7 Å². The van der Waals surface area contributed by atoms with E-state index >= 15 is 0 Å². The number of hydrogen-bond donors (Lipinski definition) is 2. The monoisotopic (exact) mass is 388 g/mol. The van der Waals surface area contributed by atoms with Crippen molar-refractivity contribution in [3.05, 3.63) is 53.1 Å². The lowest BCUT2D eigenvalue weighted by molar-refractivity contribution is -0.117. The maximum absolute atomic E-state index is 11.6. The zero-order valence-electron chi connectivity index (χ0n) is 17.0. The van der Waals surface area contributed by atoms with Gasteiger partial charge in [-0.2, -0.15) is 5.90 Å². The number of carbonyl (C=O) groups excluding carboxylic acids is 1. The molecule has 0 radical (unpaired) electrons. The molecule has 0 bridgehead atoms. The van der Waals surface area contributed by atoms with Gasteiger partial charge in [0.2, 0.25) is 5.91 Å². The average molecular weight is 388 g/mol. The van der Waals surface area contributed by atoms with Crippen molar-refractivity contribution in [1.29, 1.82) is 0 Å². The van der Waals surface area contributed by atoms with Gasteiger partial charge in [0.25, 0.3) is 0 Å². The number of oxime groups is 2. The number of carbonyl (C=O) groups is 1. The summed E-state index contributed by atoms with van der Waals surface area (Å²) >= 11 is 0. The van der Waals surface area contributed by atoms with E-state index < -0.39 is 0 Å². The Balaban J connectivity index is 3.60. The molecule has 1 amide bonds. The van der Waals surface area contributed by atoms with Crippen molar-refractivity contribution in [3.8, 4) is 0 Å². The van der Waals surface area contributed by atoms with Crippen LogP contribution in [-0.2, 0) is 19.3 Å². The van der Waals surface area contributed by atoms with Gasteiger partial charge < -0.3 is 19.8 Å².